The molecule has 0 radical (unpaired) electrons. The quantitative estimate of drug-likeness (QED) is 0.403. The molecule has 124 valence electrons. The van der Waals surface area contributed by atoms with Crippen molar-refractivity contribution in [2.24, 2.45) is 0 Å². The summed E-state index contributed by atoms with van der Waals surface area (Å²) in [5.74, 6) is 0.0422. The zero-order valence-electron chi connectivity index (χ0n) is 14.3. The van der Waals surface area contributed by atoms with Crippen molar-refractivity contribution in [3.8, 4) is 22.3 Å². The predicted molar refractivity (Wildman–Crippen MR) is 107 cm³/mol. The highest BCUT2D eigenvalue weighted by Crippen LogP contribution is 2.29. The average Bonchev–Trinajstić information content (AvgIpc) is 2.75. The molecule has 0 N–H and O–H groups in total. The van der Waals surface area contributed by atoms with E-state index in [2.05, 4.69) is 30.3 Å². The minimum Gasteiger partial charge on any atom is -0.289 e. The molecule has 26 heavy (non-hydrogen) atoms. The monoisotopic (exact) mass is 334 g/mol. The van der Waals surface area contributed by atoms with Crippen molar-refractivity contribution in [2.45, 2.75) is 0 Å². The van der Waals surface area contributed by atoms with Gasteiger partial charge in [-0.15, -0.1) is 0 Å². The summed E-state index contributed by atoms with van der Waals surface area (Å²) in [6.45, 7) is 0. The molecule has 0 heterocycles. The molecular weight excluding hydrogens is 316 g/mol. The van der Waals surface area contributed by atoms with E-state index in [1.807, 2.05) is 78.9 Å². The molecule has 0 saturated heterocycles. The van der Waals surface area contributed by atoms with Crippen LogP contribution in [0.2, 0.25) is 0 Å². The van der Waals surface area contributed by atoms with Crippen LogP contribution in [0, 0.1) is 0 Å². The lowest BCUT2D eigenvalue weighted by atomic mass is 9.93. The normalized spacial score (nSPS) is 10.5. The second kappa shape index (κ2) is 7.20. The molecule has 0 bridgehead atoms. The van der Waals surface area contributed by atoms with Crippen LogP contribution in [0.25, 0.3) is 22.3 Å². The van der Waals surface area contributed by atoms with Crippen molar-refractivity contribution in [3.05, 3.63) is 120 Å². The number of benzene rings is 4. The van der Waals surface area contributed by atoms with Crippen molar-refractivity contribution in [1.82, 2.24) is 0 Å². The van der Waals surface area contributed by atoms with E-state index in [0.717, 1.165) is 22.3 Å². The third kappa shape index (κ3) is 3.33. The molecule has 0 fully saturated rings. The Bertz CT molecular complexity index is 962. The Labute approximate surface area is 153 Å². The first-order valence-corrected chi connectivity index (χ1v) is 8.67. The maximum Gasteiger partial charge on any atom is 0.193 e. The first kappa shape index (κ1) is 16.0. The molecule has 1 nitrogen and oxygen atoms in total. The smallest absolute Gasteiger partial charge is 0.193 e. The van der Waals surface area contributed by atoms with Gasteiger partial charge in [0, 0.05) is 11.1 Å². The molecule has 0 aliphatic heterocycles. The van der Waals surface area contributed by atoms with Gasteiger partial charge in [-0.05, 0) is 40.5 Å². The summed E-state index contributed by atoms with van der Waals surface area (Å²) in [5, 5.41) is 0. The van der Waals surface area contributed by atoms with Crippen LogP contribution in [-0.4, -0.2) is 5.78 Å². The van der Waals surface area contributed by atoms with Crippen LogP contribution in [-0.2, 0) is 0 Å². The van der Waals surface area contributed by atoms with E-state index in [1.165, 1.54) is 0 Å². The summed E-state index contributed by atoms with van der Waals surface area (Å²) in [4.78, 5) is 13.0. The number of hydrogen-bond donors (Lipinski definition) is 0. The highest BCUT2D eigenvalue weighted by Gasteiger charge is 2.12. The van der Waals surface area contributed by atoms with Gasteiger partial charge in [0.15, 0.2) is 5.78 Å². The SMILES string of the molecule is O=C(c1ccccc1)c1cc(-c2ccccc2)cc(-c2ccccc2)c1. The van der Waals surface area contributed by atoms with Gasteiger partial charge in [-0.1, -0.05) is 91.0 Å². The first-order valence-electron chi connectivity index (χ1n) is 8.67. The van der Waals surface area contributed by atoms with Gasteiger partial charge >= 0.3 is 0 Å². The molecule has 4 rings (SSSR count). The third-order valence-electron chi connectivity index (χ3n) is 4.45. The minimum absolute atomic E-state index is 0.0422. The van der Waals surface area contributed by atoms with E-state index in [9.17, 15) is 4.79 Å². The Hall–Kier alpha value is -3.45. The number of carbonyl (C=O) groups excluding carboxylic acids is 1. The summed E-state index contributed by atoms with van der Waals surface area (Å²) < 4.78 is 0. The van der Waals surface area contributed by atoms with Gasteiger partial charge in [-0.25, -0.2) is 0 Å². The Balaban J connectivity index is 1.87. The Kier molecular flexibility index (Phi) is 4.44. The molecule has 0 saturated carbocycles. The fourth-order valence-corrected chi connectivity index (χ4v) is 3.11. The minimum atomic E-state index is 0.0422. The second-order valence-electron chi connectivity index (χ2n) is 6.23. The Morgan fingerprint density at radius 2 is 0.846 bits per heavy atom. The molecular formula is C25H18O. The van der Waals surface area contributed by atoms with Gasteiger partial charge in [-0.2, -0.15) is 0 Å². The second-order valence-corrected chi connectivity index (χ2v) is 6.23. The molecule has 4 aromatic rings. The molecule has 0 aromatic heterocycles. The highest BCUT2D eigenvalue weighted by molar-refractivity contribution is 6.10. The van der Waals surface area contributed by atoms with E-state index < -0.39 is 0 Å². The van der Waals surface area contributed by atoms with Crippen molar-refractivity contribution < 1.29 is 4.79 Å². The van der Waals surface area contributed by atoms with Crippen molar-refractivity contribution >= 4 is 5.78 Å². The summed E-state index contributed by atoms with van der Waals surface area (Å²) >= 11 is 0. The van der Waals surface area contributed by atoms with E-state index in [4.69, 9.17) is 0 Å². The number of carbonyl (C=O) groups is 1. The maximum atomic E-state index is 13.0. The van der Waals surface area contributed by atoms with Gasteiger partial charge in [0.05, 0.1) is 0 Å². The van der Waals surface area contributed by atoms with E-state index >= 15 is 0 Å². The lowest BCUT2D eigenvalue weighted by Gasteiger charge is -2.10. The first-order chi connectivity index (χ1) is 12.8. The molecule has 0 unspecified atom stereocenters. The molecule has 0 aliphatic carbocycles. The highest BCUT2D eigenvalue weighted by atomic mass is 16.1. The van der Waals surface area contributed by atoms with Gasteiger partial charge in [-0.3, -0.25) is 4.79 Å². The van der Waals surface area contributed by atoms with Gasteiger partial charge in [0.2, 0.25) is 0 Å². The lowest BCUT2D eigenvalue weighted by Crippen LogP contribution is -2.02. The number of rotatable bonds is 4. The van der Waals surface area contributed by atoms with E-state index in [1.54, 1.807) is 0 Å². The molecule has 0 aliphatic rings. The summed E-state index contributed by atoms with van der Waals surface area (Å²) in [7, 11) is 0. The lowest BCUT2D eigenvalue weighted by molar-refractivity contribution is 0.103. The maximum absolute atomic E-state index is 13.0. The topological polar surface area (TPSA) is 17.1 Å². The molecule has 0 amide bonds. The number of ketones is 1. The van der Waals surface area contributed by atoms with Gasteiger partial charge < -0.3 is 0 Å². The van der Waals surface area contributed by atoms with Crippen LogP contribution in [0.4, 0.5) is 0 Å². The van der Waals surface area contributed by atoms with Gasteiger partial charge in [0.1, 0.15) is 0 Å². The summed E-state index contributed by atoms with van der Waals surface area (Å²) in [5.41, 5.74) is 5.71. The fourth-order valence-electron chi connectivity index (χ4n) is 3.11. The summed E-state index contributed by atoms with van der Waals surface area (Å²) in [6, 6.07) is 35.9. The van der Waals surface area contributed by atoms with Crippen LogP contribution in [0.5, 0.6) is 0 Å². The van der Waals surface area contributed by atoms with E-state index in [-0.39, 0.29) is 5.78 Å². The zero-order chi connectivity index (χ0) is 17.8. The molecule has 0 atom stereocenters. The molecule has 4 aromatic carbocycles. The molecule has 1 heteroatoms. The van der Waals surface area contributed by atoms with Crippen molar-refractivity contribution in [2.75, 3.05) is 0 Å². The van der Waals surface area contributed by atoms with Crippen molar-refractivity contribution in [3.63, 3.8) is 0 Å². The summed E-state index contributed by atoms with van der Waals surface area (Å²) in [6.07, 6.45) is 0. The standard InChI is InChI=1S/C25H18O/c26-25(21-14-8-3-9-15-21)24-17-22(19-10-4-1-5-11-19)16-23(18-24)20-12-6-2-7-13-20/h1-18H. The third-order valence-corrected chi connectivity index (χ3v) is 4.45. The number of hydrogen-bond acceptors (Lipinski definition) is 1. The van der Waals surface area contributed by atoms with Crippen LogP contribution in [0.1, 0.15) is 15.9 Å². The van der Waals surface area contributed by atoms with Crippen LogP contribution >= 0.6 is 0 Å². The van der Waals surface area contributed by atoms with Crippen LogP contribution in [0.15, 0.2) is 109 Å². The Morgan fingerprint density at radius 3 is 1.31 bits per heavy atom. The van der Waals surface area contributed by atoms with Crippen molar-refractivity contribution in [1.29, 1.82) is 0 Å². The zero-order valence-corrected chi connectivity index (χ0v) is 14.3. The van der Waals surface area contributed by atoms with Crippen LogP contribution < -0.4 is 0 Å². The van der Waals surface area contributed by atoms with Gasteiger partial charge in [0.25, 0.3) is 0 Å². The molecule has 0 spiro atoms. The average molecular weight is 334 g/mol. The van der Waals surface area contributed by atoms with Crippen LogP contribution in [0.3, 0.4) is 0 Å². The predicted octanol–water partition coefficient (Wildman–Crippen LogP) is 6.25. The Morgan fingerprint density at radius 1 is 0.423 bits per heavy atom. The largest absolute Gasteiger partial charge is 0.289 e. The fraction of sp³-hybridized carbons (Fsp3) is 0. The van der Waals surface area contributed by atoms with E-state index in [0.29, 0.717) is 11.1 Å².